The molecule has 66 valence electrons. The van der Waals surface area contributed by atoms with Gasteiger partial charge in [-0.15, -0.1) is 0 Å². The maximum absolute atomic E-state index is 11.7. The molecule has 2 heteroatoms. The highest BCUT2D eigenvalue weighted by Gasteiger charge is 2.09. The Kier molecular flexibility index (Phi) is 2.74. The monoisotopic (exact) mass is 182 g/mol. The van der Waals surface area contributed by atoms with Crippen LogP contribution in [0.3, 0.4) is 0 Å². The average Bonchev–Trinajstić information content (AvgIpc) is 2.03. The molecule has 0 aliphatic heterocycles. The third-order valence-electron chi connectivity index (χ3n) is 1.94. The predicted molar refractivity (Wildman–Crippen MR) is 54.9 cm³/mol. The molecule has 0 aromatic heterocycles. The second kappa shape index (κ2) is 3.45. The van der Waals surface area contributed by atoms with Gasteiger partial charge in [-0.1, -0.05) is 25.1 Å². The summed E-state index contributed by atoms with van der Waals surface area (Å²) in [7, 11) is -2.06. The summed E-state index contributed by atoms with van der Waals surface area (Å²) < 4.78 is 11.7. The van der Waals surface area contributed by atoms with Crippen LogP contribution in [0.4, 0.5) is 0 Å². The van der Waals surface area contributed by atoms with Gasteiger partial charge in [0.05, 0.1) is 0 Å². The van der Waals surface area contributed by atoms with E-state index in [0.717, 1.165) is 11.7 Å². The van der Waals surface area contributed by atoms with Gasteiger partial charge >= 0.3 is 0 Å². The number of rotatable bonds is 2. The zero-order valence-electron chi connectivity index (χ0n) is 7.87. The number of benzene rings is 1. The third kappa shape index (κ3) is 2.22. The summed E-state index contributed by atoms with van der Waals surface area (Å²) in [6, 6.07) is 8.04. The largest absolute Gasteiger partial charge is 0.319 e. The van der Waals surface area contributed by atoms with Crippen molar-refractivity contribution in [3.8, 4) is 0 Å². The van der Waals surface area contributed by atoms with Crippen molar-refractivity contribution >= 4 is 12.4 Å². The lowest BCUT2D eigenvalue weighted by molar-refractivity contribution is 0.588. The van der Waals surface area contributed by atoms with Gasteiger partial charge in [0, 0.05) is 5.30 Å². The molecule has 1 rings (SSSR count). The Morgan fingerprint density at radius 2 is 2.00 bits per heavy atom. The first-order valence-electron chi connectivity index (χ1n) is 4.18. The van der Waals surface area contributed by atoms with Crippen LogP contribution in [0.15, 0.2) is 24.3 Å². The lowest BCUT2D eigenvalue weighted by Gasteiger charge is -2.07. The molecule has 1 aromatic carbocycles. The van der Waals surface area contributed by atoms with Crippen molar-refractivity contribution in [2.24, 2.45) is 0 Å². The second-order valence-corrected chi connectivity index (χ2v) is 6.59. The van der Waals surface area contributed by atoms with Crippen LogP contribution in [0.1, 0.15) is 12.5 Å². The summed E-state index contributed by atoms with van der Waals surface area (Å²) in [6.45, 7) is 5.72. The van der Waals surface area contributed by atoms with Gasteiger partial charge in [-0.05, 0) is 31.4 Å². The SMILES string of the molecule is CCc1cccc(P(C)(C)=O)c1. The number of aryl methyl sites for hydroxylation is 1. The molecule has 0 heterocycles. The van der Waals surface area contributed by atoms with E-state index in [0.29, 0.717) is 0 Å². The van der Waals surface area contributed by atoms with Gasteiger partial charge < -0.3 is 4.57 Å². The molecule has 12 heavy (non-hydrogen) atoms. The molecule has 0 radical (unpaired) electrons. The molecule has 0 saturated heterocycles. The lowest BCUT2D eigenvalue weighted by atomic mass is 10.2. The Morgan fingerprint density at radius 3 is 2.50 bits per heavy atom. The molecule has 0 spiro atoms. The lowest BCUT2D eigenvalue weighted by Crippen LogP contribution is -2.03. The highest BCUT2D eigenvalue weighted by atomic mass is 31.2. The molecular formula is C10H15OP. The van der Waals surface area contributed by atoms with Gasteiger partial charge in [0.15, 0.2) is 0 Å². The van der Waals surface area contributed by atoms with Gasteiger partial charge in [-0.2, -0.15) is 0 Å². The molecule has 1 aromatic rings. The van der Waals surface area contributed by atoms with Gasteiger partial charge in [0.25, 0.3) is 0 Å². The van der Waals surface area contributed by atoms with Crippen LogP contribution < -0.4 is 5.30 Å². The van der Waals surface area contributed by atoms with Crippen molar-refractivity contribution in [2.45, 2.75) is 13.3 Å². The molecule has 0 unspecified atom stereocenters. The molecule has 0 aliphatic rings. The summed E-state index contributed by atoms with van der Waals surface area (Å²) in [5.41, 5.74) is 1.26. The van der Waals surface area contributed by atoms with E-state index in [1.807, 2.05) is 31.5 Å². The van der Waals surface area contributed by atoms with Crippen molar-refractivity contribution in [1.82, 2.24) is 0 Å². The molecule has 0 atom stereocenters. The van der Waals surface area contributed by atoms with E-state index in [1.54, 1.807) is 0 Å². The molecule has 0 bridgehead atoms. The second-order valence-electron chi connectivity index (χ2n) is 3.37. The fourth-order valence-corrected chi connectivity index (χ4v) is 2.03. The fourth-order valence-electron chi connectivity index (χ4n) is 1.11. The van der Waals surface area contributed by atoms with Crippen LogP contribution in [0, 0.1) is 0 Å². The van der Waals surface area contributed by atoms with Crippen LogP contribution in [0.5, 0.6) is 0 Å². The topological polar surface area (TPSA) is 17.1 Å². The summed E-state index contributed by atoms with van der Waals surface area (Å²) >= 11 is 0. The first-order valence-corrected chi connectivity index (χ1v) is 6.78. The van der Waals surface area contributed by atoms with Gasteiger partial charge in [-0.25, -0.2) is 0 Å². The fraction of sp³-hybridized carbons (Fsp3) is 0.400. The first kappa shape index (κ1) is 9.54. The van der Waals surface area contributed by atoms with E-state index in [1.165, 1.54) is 5.56 Å². The Morgan fingerprint density at radius 1 is 1.33 bits per heavy atom. The summed E-state index contributed by atoms with van der Waals surface area (Å²) in [4.78, 5) is 0. The highest BCUT2D eigenvalue weighted by Crippen LogP contribution is 2.34. The average molecular weight is 182 g/mol. The minimum atomic E-state index is -2.06. The molecule has 0 N–H and O–H groups in total. The normalized spacial score (nSPS) is 11.6. The van der Waals surface area contributed by atoms with Crippen molar-refractivity contribution in [3.05, 3.63) is 29.8 Å². The van der Waals surface area contributed by atoms with E-state index in [9.17, 15) is 4.57 Å². The van der Waals surface area contributed by atoms with Crippen molar-refractivity contribution in [3.63, 3.8) is 0 Å². The molecule has 1 nitrogen and oxygen atoms in total. The maximum atomic E-state index is 11.7. The summed E-state index contributed by atoms with van der Waals surface area (Å²) in [5, 5.41) is 0.988. The smallest absolute Gasteiger partial charge is 0.109 e. The number of hydrogen-bond donors (Lipinski definition) is 0. The number of hydrogen-bond acceptors (Lipinski definition) is 1. The summed E-state index contributed by atoms with van der Waals surface area (Å²) in [5.74, 6) is 0. The van der Waals surface area contributed by atoms with Gasteiger partial charge in [0.1, 0.15) is 7.14 Å². The quantitative estimate of drug-likeness (QED) is 0.642. The van der Waals surface area contributed by atoms with Crippen LogP contribution in [-0.2, 0) is 11.0 Å². The van der Waals surface area contributed by atoms with Crippen molar-refractivity contribution in [2.75, 3.05) is 13.3 Å². The van der Waals surface area contributed by atoms with Crippen molar-refractivity contribution < 1.29 is 4.57 Å². The Labute approximate surface area is 74.2 Å². The zero-order chi connectivity index (χ0) is 9.19. The minimum Gasteiger partial charge on any atom is -0.319 e. The van der Waals surface area contributed by atoms with Crippen LogP contribution in [-0.4, -0.2) is 13.3 Å². The predicted octanol–water partition coefficient (Wildman–Crippen LogP) is 2.50. The molecule has 0 fully saturated rings. The van der Waals surface area contributed by atoms with Crippen LogP contribution in [0.2, 0.25) is 0 Å². The molecule has 0 aliphatic carbocycles. The van der Waals surface area contributed by atoms with E-state index in [4.69, 9.17) is 0 Å². The Balaban J connectivity index is 3.11. The van der Waals surface area contributed by atoms with E-state index in [2.05, 4.69) is 13.0 Å². The van der Waals surface area contributed by atoms with Gasteiger partial charge in [0.2, 0.25) is 0 Å². The molecular weight excluding hydrogens is 167 g/mol. The van der Waals surface area contributed by atoms with E-state index in [-0.39, 0.29) is 0 Å². The van der Waals surface area contributed by atoms with E-state index < -0.39 is 7.14 Å². The summed E-state index contributed by atoms with van der Waals surface area (Å²) in [6.07, 6.45) is 1.01. The van der Waals surface area contributed by atoms with E-state index >= 15 is 0 Å². The zero-order valence-corrected chi connectivity index (χ0v) is 8.77. The molecule has 0 amide bonds. The first-order chi connectivity index (χ1) is 5.54. The Bertz CT molecular complexity index is 311. The van der Waals surface area contributed by atoms with Crippen LogP contribution >= 0.6 is 7.14 Å². The third-order valence-corrected chi connectivity index (χ3v) is 3.46. The molecule has 0 saturated carbocycles. The van der Waals surface area contributed by atoms with Crippen LogP contribution in [0.25, 0.3) is 0 Å². The minimum absolute atomic E-state index is 0.988. The van der Waals surface area contributed by atoms with Gasteiger partial charge in [-0.3, -0.25) is 0 Å². The maximum Gasteiger partial charge on any atom is 0.109 e. The standard InChI is InChI=1S/C10H15OP/c1-4-9-6-5-7-10(8-9)12(2,3)11/h5-8H,4H2,1-3H3. The highest BCUT2D eigenvalue weighted by molar-refractivity contribution is 7.70. The Hall–Kier alpha value is -0.550. The van der Waals surface area contributed by atoms with Crippen molar-refractivity contribution in [1.29, 1.82) is 0 Å².